The topological polar surface area (TPSA) is 78.9 Å². The smallest absolute Gasteiger partial charge is 0.306 e. The minimum Gasteiger partial charge on any atom is -0.462 e. The lowest BCUT2D eigenvalue weighted by molar-refractivity contribution is -0.167. The van der Waals surface area contributed by atoms with Crippen LogP contribution in [0.2, 0.25) is 0 Å². The van der Waals surface area contributed by atoms with Gasteiger partial charge in [-0.2, -0.15) is 0 Å². The molecule has 0 N–H and O–H groups in total. The predicted octanol–water partition coefficient (Wildman–Crippen LogP) is 17.6. The van der Waals surface area contributed by atoms with Crippen molar-refractivity contribution in [2.75, 3.05) is 13.2 Å². The highest BCUT2D eigenvalue weighted by atomic mass is 16.6. The fourth-order valence-electron chi connectivity index (χ4n) is 7.54. The SMILES string of the molecule is CC/C=C\C/C=C\C/C=C\C/C=C\C/C=C\CCCC(=O)O[C@H](COC(=O)CCCCCCCCCCC)COC(=O)CCCCCCCCCCCCCCCCCCCCC. The molecule has 0 saturated carbocycles. The molecular weight excluding hydrogens is 781 g/mol. The second kappa shape index (κ2) is 51.7. The van der Waals surface area contributed by atoms with Crippen molar-refractivity contribution in [3.05, 3.63) is 60.8 Å². The van der Waals surface area contributed by atoms with Crippen LogP contribution in [0.25, 0.3) is 0 Å². The molecule has 0 heterocycles. The molecule has 0 fully saturated rings. The molecule has 0 spiro atoms. The normalized spacial score (nSPS) is 12.5. The van der Waals surface area contributed by atoms with E-state index in [9.17, 15) is 14.4 Å². The molecule has 6 heteroatoms. The summed E-state index contributed by atoms with van der Waals surface area (Å²) in [6.07, 6.45) is 63.7. The van der Waals surface area contributed by atoms with Crippen LogP contribution >= 0.6 is 0 Å². The van der Waals surface area contributed by atoms with E-state index in [-0.39, 0.29) is 37.5 Å². The summed E-state index contributed by atoms with van der Waals surface area (Å²) in [5.74, 6) is -0.947. The lowest BCUT2D eigenvalue weighted by Gasteiger charge is -2.18. The standard InChI is InChI=1S/C57H100O6/c1-4-7-10-13-16-19-21-23-25-27-28-30-31-33-35-38-41-44-47-50-56(59)62-53-54(52-61-55(58)49-46-43-40-37-18-15-12-9-6-3)63-57(60)51-48-45-42-39-36-34-32-29-26-24-22-20-17-14-11-8-5-2/h8,11,17,20,24,26,32,34,39,42,54H,4-7,9-10,12-16,18-19,21-23,25,27-31,33,35-38,40-41,43-53H2,1-3H3/b11-8-,20-17-,26-24-,34-32-,42-39-/t54-/m1/s1. The Kier molecular flexibility index (Phi) is 49.4. The Morgan fingerprint density at radius 1 is 0.333 bits per heavy atom. The van der Waals surface area contributed by atoms with Gasteiger partial charge in [0.05, 0.1) is 0 Å². The molecule has 0 aromatic carbocycles. The fraction of sp³-hybridized carbons (Fsp3) is 0.772. The van der Waals surface area contributed by atoms with E-state index < -0.39 is 6.10 Å². The van der Waals surface area contributed by atoms with Crippen molar-refractivity contribution in [2.45, 2.75) is 271 Å². The predicted molar refractivity (Wildman–Crippen MR) is 270 cm³/mol. The van der Waals surface area contributed by atoms with Gasteiger partial charge in [0.2, 0.25) is 0 Å². The van der Waals surface area contributed by atoms with Crippen LogP contribution in [0, 0.1) is 0 Å². The number of unbranched alkanes of at least 4 members (excludes halogenated alkanes) is 27. The summed E-state index contributed by atoms with van der Waals surface area (Å²) in [4.78, 5) is 37.9. The van der Waals surface area contributed by atoms with Crippen LogP contribution in [-0.2, 0) is 28.6 Å². The Balaban J connectivity index is 4.35. The molecule has 0 bridgehead atoms. The summed E-state index contributed by atoms with van der Waals surface area (Å²) < 4.78 is 16.7. The first-order valence-corrected chi connectivity index (χ1v) is 26.8. The van der Waals surface area contributed by atoms with Gasteiger partial charge in [-0.25, -0.2) is 0 Å². The van der Waals surface area contributed by atoms with E-state index in [1.165, 1.54) is 141 Å². The maximum atomic E-state index is 12.8. The molecule has 0 saturated heterocycles. The van der Waals surface area contributed by atoms with Gasteiger partial charge >= 0.3 is 17.9 Å². The van der Waals surface area contributed by atoms with Crippen molar-refractivity contribution in [1.82, 2.24) is 0 Å². The van der Waals surface area contributed by atoms with Crippen LogP contribution in [0.3, 0.4) is 0 Å². The molecule has 0 aliphatic heterocycles. The van der Waals surface area contributed by atoms with E-state index in [1.807, 2.05) is 0 Å². The van der Waals surface area contributed by atoms with Crippen molar-refractivity contribution in [3.8, 4) is 0 Å². The molecule has 0 aliphatic carbocycles. The number of esters is 3. The molecule has 0 aromatic heterocycles. The zero-order valence-electron chi connectivity index (χ0n) is 41.6. The average Bonchev–Trinajstić information content (AvgIpc) is 3.28. The number of carbonyl (C=O) groups excluding carboxylic acids is 3. The van der Waals surface area contributed by atoms with Crippen molar-refractivity contribution in [1.29, 1.82) is 0 Å². The number of hydrogen-bond donors (Lipinski definition) is 0. The van der Waals surface area contributed by atoms with Gasteiger partial charge in [0.25, 0.3) is 0 Å². The van der Waals surface area contributed by atoms with E-state index in [0.29, 0.717) is 19.3 Å². The monoisotopic (exact) mass is 881 g/mol. The van der Waals surface area contributed by atoms with Gasteiger partial charge in [0, 0.05) is 19.3 Å². The van der Waals surface area contributed by atoms with Gasteiger partial charge in [-0.15, -0.1) is 0 Å². The fourth-order valence-corrected chi connectivity index (χ4v) is 7.54. The molecule has 6 nitrogen and oxygen atoms in total. The van der Waals surface area contributed by atoms with Crippen molar-refractivity contribution >= 4 is 17.9 Å². The number of ether oxygens (including phenoxy) is 3. The summed E-state index contributed by atoms with van der Waals surface area (Å²) in [6.45, 7) is 6.48. The van der Waals surface area contributed by atoms with Crippen molar-refractivity contribution in [3.63, 3.8) is 0 Å². The molecule has 0 aromatic rings. The summed E-state index contributed by atoms with van der Waals surface area (Å²) in [6, 6.07) is 0. The highest BCUT2D eigenvalue weighted by Gasteiger charge is 2.19. The molecule has 0 rings (SSSR count). The van der Waals surface area contributed by atoms with Crippen molar-refractivity contribution < 1.29 is 28.6 Å². The first-order chi connectivity index (χ1) is 31.0. The molecule has 0 amide bonds. The van der Waals surface area contributed by atoms with E-state index in [0.717, 1.165) is 77.0 Å². The van der Waals surface area contributed by atoms with Gasteiger partial charge in [0.1, 0.15) is 13.2 Å². The van der Waals surface area contributed by atoms with Gasteiger partial charge in [-0.05, 0) is 57.8 Å². The molecule has 63 heavy (non-hydrogen) atoms. The second-order valence-electron chi connectivity index (χ2n) is 17.8. The average molecular weight is 881 g/mol. The van der Waals surface area contributed by atoms with Gasteiger partial charge < -0.3 is 14.2 Å². The Morgan fingerprint density at radius 3 is 0.952 bits per heavy atom. The van der Waals surface area contributed by atoms with Crippen LogP contribution in [-0.4, -0.2) is 37.2 Å². The van der Waals surface area contributed by atoms with Crippen LogP contribution in [0.5, 0.6) is 0 Å². The van der Waals surface area contributed by atoms with Gasteiger partial charge in [-0.1, -0.05) is 248 Å². The summed E-state index contributed by atoms with van der Waals surface area (Å²) in [5.41, 5.74) is 0. The molecule has 0 unspecified atom stereocenters. The van der Waals surface area contributed by atoms with Gasteiger partial charge in [-0.3, -0.25) is 14.4 Å². The zero-order valence-corrected chi connectivity index (χ0v) is 41.6. The lowest BCUT2D eigenvalue weighted by Crippen LogP contribution is -2.30. The Bertz CT molecular complexity index is 1150. The van der Waals surface area contributed by atoms with Crippen LogP contribution < -0.4 is 0 Å². The number of allylic oxidation sites excluding steroid dienone is 10. The van der Waals surface area contributed by atoms with Crippen LogP contribution in [0.15, 0.2) is 60.8 Å². The lowest BCUT2D eigenvalue weighted by atomic mass is 10.0. The number of carbonyl (C=O) groups is 3. The summed E-state index contributed by atoms with van der Waals surface area (Å²) >= 11 is 0. The molecular formula is C57H100O6. The first-order valence-electron chi connectivity index (χ1n) is 26.8. The van der Waals surface area contributed by atoms with E-state index in [2.05, 4.69) is 81.5 Å². The van der Waals surface area contributed by atoms with Crippen molar-refractivity contribution in [2.24, 2.45) is 0 Å². The number of rotatable bonds is 48. The third kappa shape index (κ3) is 50.0. The van der Waals surface area contributed by atoms with Crippen LogP contribution in [0.1, 0.15) is 265 Å². The Labute approximate surface area is 390 Å². The Hall–Kier alpha value is -2.89. The third-order valence-corrected chi connectivity index (χ3v) is 11.5. The summed E-state index contributed by atoms with van der Waals surface area (Å²) in [7, 11) is 0. The zero-order chi connectivity index (χ0) is 45.8. The largest absolute Gasteiger partial charge is 0.462 e. The highest BCUT2D eigenvalue weighted by molar-refractivity contribution is 5.71. The first kappa shape index (κ1) is 60.1. The molecule has 0 radical (unpaired) electrons. The van der Waals surface area contributed by atoms with E-state index in [4.69, 9.17) is 14.2 Å². The maximum Gasteiger partial charge on any atom is 0.306 e. The minimum atomic E-state index is -0.799. The quantitative estimate of drug-likeness (QED) is 0.0262. The van der Waals surface area contributed by atoms with E-state index >= 15 is 0 Å². The maximum absolute atomic E-state index is 12.8. The van der Waals surface area contributed by atoms with Crippen LogP contribution in [0.4, 0.5) is 0 Å². The Morgan fingerprint density at radius 2 is 0.619 bits per heavy atom. The van der Waals surface area contributed by atoms with Gasteiger partial charge in [0.15, 0.2) is 6.10 Å². The molecule has 1 atom stereocenters. The van der Waals surface area contributed by atoms with E-state index in [1.54, 1.807) is 0 Å². The second-order valence-corrected chi connectivity index (χ2v) is 17.8. The summed E-state index contributed by atoms with van der Waals surface area (Å²) in [5, 5.41) is 0. The third-order valence-electron chi connectivity index (χ3n) is 11.5. The molecule has 364 valence electrons. The highest BCUT2D eigenvalue weighted by Crippen LogP contribution is 2.16. The molecule has 0 aliphatic rings. The number of hydrogen-bond acceptors (Lipinski definition) is 6. The minimum absolute atomic E-state index is 0.0935.